The number of piperidine rings is 1. The predicted octanol–water partition coefficient (Wildman–Crippen LogP) is 4.88. The topological polar surface area (TPSA) is 50.5 Å². The Bertz CT molecular complexity index is 920. The van der Waals surface area contributed by atoms with E-state index in [1.165, 1.54) is 17.8 Å². The number of thioether (sulfide) groups is 1. The first-order valence-electron chi connectivity index (χ1n) is 9.95. The molecule has 4 rings (SSSR count). The van der Waals surface area contributed by atoms with Gasteiger partial charge in [-0.25, -0.2) is 4.39 Å². The zero-order valence-electron chi connectivity index (χ0n) is 16.3. The Labute approximate surface area is 174 Å². The van der Waals surface area contributed by atoms with Crippen LogP contribution in [0, 0.1) is 11.7 Å². The van der Waals surface area contributed by atoms with Gasteiger partial charge in [0.2, 0.25) is 0 Å². The van der Waals surface area contributed by atoms with Crippen LogP contribution in [0.4, 0.5) is 4.39 Å². The molecule has 2 aliphatic rings. The molecule has 1 aromatic heterocycles. The molecule has 1 saturated carbocycles. The van der Waals surface area contributed by atoms with Crippen molar-refractivity contribution in [3.05, 3.63) is 65.4 Å². The summed E-state index contributed by atoms with van der Waals surface area (Å²) in [5.74, 6) is -0.201. The average Bonchev–Trinajstić information content (AvgIpc) is 3.42. The highest BCUT2D eigenvalue weighted by molar-refractivity contribution is 8.14. The van der Waals surface area contributed by atoms with E-state index < -0.39 is 6.04 Å². The minimum Gasteiger partial charge on any atom is -0.472 e. The molecule has 1 aliphatic carbocycles. The normalized spacial score (nSPS) is 22.6. The summed E-state index contributed by atoms with van der Waals surface area (Å²) in [6.45, 7) is 2.74. The molecule has 0 bridgehead atoms. The van der Waals surface area contributed by atoms with Crippen molar-refractivity contribution in [1.29, 1.82) is 0 Å². The highest BCUT2D eigenvalue weighted by atomic mass is 32.2. The first-order chi connectivity index (χ1) is 14.0. The molecule has 2 fully saturated rings. The Kier molecular flexibility index (Phi) is 6.01. The monoisotopic (exact) mass is 413 g/mol. The van der Waals surface area contributed by atoms with Crippen LogP contribution < -0.4 is 0 Å². The fourth-order valence-corrected chi connectivity index (χ4v) is 4.88. The molecule has 4 nitrogen and oxygen atoms in total. The van der Waals surface area contributed by atoms with Gasteiger partial charge in [0, 0.05) is 42.3 Å². The van der Waals surface area contributed by atoms with E-state index in [9.17, 15) is 14.0 Å². The van der Waals surface area contributed by atoms with E-state index in [0.29, 0.717) is 18.7 Å². The van der Waals surface area contributed by atoms with Gasteiger partial charge >= 0.3 is 0 Å². The fraction of sp³-hybridized carbons (Fsp3) is 0.391. The summed E-state index contributed by atoms with van der Waals surface area (Å²) in [5, 5.41) is 0.122. The van der Waals surface area contributed by atoms with E-state index >= 15 is 0 Å². The molecule has 1 saturated heterocycles. The van der Waals surface area contributed by atoms with Crippen LogP contribution in [-0.4, -0.2) is 34.1 Å². The summed E-state index contributed by atoms with van der Waals surface area (Å²) < 4.78 is 19.8. The van der Waals surface area contributed by atoms with Crippen LogP contribution in [0.25, 0.3) is 6.08 Å². The summed E-state index contributed by atoms with van der Waals surface area (Å²) in [6.07, 6.45) is 7.80. The Morgan fingerprint density at radius 2 is 2.03 bits per heavy atom. The standard InChI is InChI=1S/C23H24FNO3S/c1-15(26)29-21-8-10-25(13-18(21)12-16-9-11-28-14-16)22(23(27)17-6-7-17)19-4-2-3-5-20(19)24/h2-5,9,11-12,14,17,21-22H,6-8,10,13H2,1H3/b18-12-. The van der Waals surface area contributed by atoms with E-state index in [0.717, 1.165) is 30.4 Å². The maximum atomic E-state index is 14.6. The van der Waals surface area contributed by atoms with E-state index in [2.05, 4.69) is 4.90 Å². The van der Waals surface area contributed by atoms with Crippen LogP contribution in [0.3, 0.4) is 0 Å². The molecule has 29 heavy (non-hydrogen) atoms. The van der Waals surface area contributed by atoms with Crippen molar-refractivity contribution in [3.63, 3.8) is 0 Å². The van der Waals surface area contributed by atoms with Crippen LogP contribution in [0.1, 0.15) is 43.4 Å². The number of likely N-dealkylation sites (tertiary alicyclic amines) is 1. The van der Waals surface area contributed by atoms with Gasteiger partial charge in [0.25, 0.3) is 0 Å². The largest absolute Gasteiger partial charge is 0.472 e. The van der Waals surface area contributed by atoms with E-state index in [-0.39, 0.29) is 27.9 Å². The van der Waals surface area contributed by atoms with E-state index in [1.807, 2.05) is 12.1 Å². The van der Waals surface area contributed by atoms with Crippen molar-refractivity contribution in [2.24, 2.45) is 5.92 Å². The summed E-state index contributed by atoms with van der Waals surface area (Å²) in [5.41, 5.74) is 2.43. The second-order valence-corrected chi connectivity index (χ2v) is 9.11. The summed E-state index contributed by atoms with van der Waals surface area (Å²) in [6, 6.07) is 7.85. The fourth-order valence-electron chi connectivity index (χ4n) is 3.97. The van der Waals surface area contributed by atoms with Crippen molar-refractivity contribution in [3.8, 4) is 0 Å². The number of carbonyl (C=O) groups excluding carboxylic acids is 2. The smallest absolute Gasteiger partial charge is 0.186 e. The second kappa shape index (κ2) is 8.67. The SMILES string of the molecule is CC(=O)SC1CCN(C(C(=O)C2CC2)c2ccccc2F)C/C1=C/c1ccoc1. The molecule has 0 radical (unpaired) electrons. The van der Waals surface area contributed by atoms with Gasteiger partial charge in [-0.2, -0.15) is 0 Å². The number of Topliss-reactive ketones (excluding diaryl/α,β-unsaturated/α-hetero) is 1. The Morgan fingerprint density at radius 1 is 1.24 bits per heavy atom. The number of hydrogen-bond acceptors (Lipinski definition) is 5. The maximum Gasteiger partial charge on any atom is 0.186 e. The van der Waals surface area contributed by atoms with Gasteiger partial charge in [-0.15, -0.1) is 0 Å². The Hall–Kier alpha value is -2.18. The molecule has 0 amide bonds. The number of benzene rings is 1. The van der Waals surface area contributed by atoms with Gasteiger partial charge in [0.15, 0.2) is 10.9 Å². The Balaban J connectivity index is 1.66. The van der Waals surface area contributed by atoms with Crippen molar-refractivity contribution in [1.82, 2.24) is 4.90 Å². The molecule has 6 heteroatoms. The summed E-state index contributed by atoms with van der Waals surface area (Å²) >= 11 is 1.32. The Morgan fingerprint density at radius 3 is 2.69 bits per heavy atom. The van der Waals surface area contributed by atoms with Crippen LogP contribution in [-0.2, 0) is 9.59 Å². The average molecular weight is 414 g/mol. The van der Waals surface area contributed by atoms with Crippen molar-refractivity contribution >= 4 is 28.7 Å². The third-order valence-electron chi connectivity index (χ3n) is 5.50. The number of nitrogens with zero attached hydrogens (tertiary/aromatic N) is 1. The van der Waals surface area contributed by atoms with Crippen LogP contribution in [0.5, 0.6) is 0 Å². The van der Waals surface area contributed by atoms with Gasteiger partial charge in [-0.1, -0.05) is 36.0 Å². The van der Waals surface area contributed by atoms with E-state index in [1.54, 1.807) is 37.6 Å². The highest BCUT2D eigenvalue weighted by Crippen LogP contribution is 2.40. The number of rotatable bonds is 6. The van der Waals surface area contributed by atoms with Crippen molar-refractivity contribution in [2.75, 3.05) is 13.1 Å². The van der Waals surface area contributed by atoms with Crippen molar-refractivity contribution < 1.29 is 18.4 Å². The molecule has 152 valence electrons. The van der Waals surface area contributed by atoms with E-state index in [4.69, 9.17) is 4.42 Å². The van der Waals surface area contributed by atoms with Crippen molar-refractivity contribution in [2.45, 2.75) is 37.5 Å². The lowest BCUT2D eigenvalue weighted by molar-refractivity contribution is -0.126. The first-order valence-corrected chi connectivity index (χ1v) is 10.8. The molecular weight excluding hydrogens is 389 g/mol. The lowest BCUT2D eigenvalue weighted by Crippen LogP contribution is -2.43. The van der Waals surface area contributed by atoms with Gasteiger partial charge < -0.3 is 4.42 Å². The third-order valence-corrected chi connectivity index (χ3v) is 6.65. The quantitative estimate of drug-likeness (QED) is 0.676. The number of halogens is 1. The number of furan rings is 1. The highest BCUT2D eigenvalue weighted by Gasteiger charge is 2.41. The zero-order chi connectivity index (χ0) is 20.4. The van der Waals surface area contributed by atoms with Crippen LogP contribution >= 0.6 is 11.8 Å². The summed E-state index contributed by atoms with van der Waals surface area (Å²) in [4.78, 5) is 27.0. The van der Waals surface area contributed by atoms with Gasteiger partial charge in [0.05, 0.1) is 18.6 Å². The first kappa shape index (κ1) is 20.1. The zero-order valence-corrected chi connectivity index (χ0v) is 17.2. The lowest BCUT2D eigenvalue weighted by atomic mass is 9.93. The predicted molar refractivity (Wildman–Crippen MR) is 112 cm³/mol. The second-order valence-electron chi connectivity index (χ2n) is 7.73. The number of hydrogen-bond donors (Lipinski definition) is 0. The third kappa shape index (κ3) is 4.70. The molecule has 2 aromatic rings. The van der Waals surface area contributed by atoms with Gasteiger partial charge in [-0.05, 0) is 37.0 Å². The van der Waals surface area contributed by atoms with Gasteiger partial charge in [0.1, 0.15) is 5.82 Å². The molecule has 1 aromatic carbocycles. The lowest BCUT2D eigenvalue weighted by Gasteiger charge is -2.38. The molecular formula is C23H24FNO3S. The van der Waals surface area contributed by atoms with Gasteiger partial charge in [-0.3, -0.25) is 14.5 Å². The molecule has 2 unspecified atom stereocenters. The van der Waals surface area contributed by atoms with Crippen LogP contribution in [0.15, 0.2) is 52.8 Å². The van der Waals surface area contributed by atoms with Crippen LogP contribution in [0.2, 0.25) is 0 Å². The number of ketones is 1. The maximum absolute atomic E-state index is 14.6. The molecule has 1 aliphatic heterocycles. The molecule has 0 N–H and O–H groups in total. The summed E-state index contributed by atoms with van der Waals surface area (Å²) in [7, 11) is 0. The number of carbonyl (C=O) groups is 2. The molecule has 0 spiro atoms. The minimum absolute atomic E-state index is 0.0326. The molecule has 2 heterocycles. The molecule has 2 atom stereocenters. The minimum atomic E-state index is -0.584.